The molecule has 0 unspecified atom stereocenters. The van der Waals surface area contributed by atoms with Gasteiger partial charge in [-0.05, 0) is 25.0 Å². The minimum Gasteiger partial charge on any atom is -0.475 e. The maximum Gasteiger partial charge on any atom is 0.260 e. The van der Waals surface area contributed by atoms with Crippen molar-refractivity contribution < 1.29 is 4.74 Å². The molecule has 0 aliphatic carbocycles. The minimum absolute atomic E-state index is 0.521. The van der Waals surface area contributed by atoms with Crippen LogP contribution in [0.5, 0.6) is 5.88 Å². The summed E-state index contributed by atoms with van der Waals surface area (Å²) in [5.41, 5.74) is 4.27. The fourth-order valence-electron chi connectivity index (χ4n) is 3.87. The molecule has 0 radical (unpaired) electrons. The number of para-hydroxylation sites is 1. The summed E-state index contributed by atoms with van der Waals surface area (Å²) in [6.45, 7) is 4.65. The third-order valence-corrected chi connectivity index (χ3v) is 5.39. The summed E-state index contributed by atoms with van der Waals surface area (Å²) < 4.78 is 10.2. The first-order chi connectivity index (χ1) is 14.7. The highest BCUT2D eigenvalue weighted by Crippen LogP contribution is 2.23. The molecule has 4 aromatic heterocycles. The Balaban J connectivity index is 1.47. The Kier molecular flexibility index (Phi) is 4.71. The van der Waals surface area contributed by atoms with Crippen molar-refractivity contribution in [2.45, 2.75) is 33.1 Å². The lowest BCUT2D eigenvalue weighted by atomic mass is 10.1. The second-order valence-electron chi connectivity index (χ2n) is 7.40. The summed E-state index contributed by atoms with van der Waals surface area (Å²) in [6, 6.07) is 8.31. The second-order valence-corrected chi connectivity index (χ2v) is 7.40. The fraction of sp³-hybridized carbons (Fsp3) is 0.261. The average molecular weight is 400 g/mol. The number of ether oxygens (including phenoxy) is 1. The van der Waals surface area contributed by atoms with E-state index in [0.717, 1.165) is 47.8 Å². The van der Waals surface area contributed by atoms with E-state index in [1.165, 1.54) is 10.9 Å². The van der Waals surface area contributed by atoms with E-state index in [9.17, 15) is 0 Å². The van der Waals surface area contributed by atoms with Gasteiger partial charge in [-0.1, -0.05) is 31.5 Å². The van der Waals surface area contributed by atoms with Gasteiger partial charge in [0.1, 0.15) is 5.82 Å². The number of nitrogens with one attached hydrogen (secondary N) is 1. The van der Waals surface area contributed by atoms with Gasteiger partial charge in [0.25, 0.3) is 5.88 Å². The summed E-state index contributed by atoms with van der Waals surface area (Å²) in [4.78, 5) is 17.0. The van der Waals surface area contributed by atoms with E-state index in [2.05, 4.69) is 50.7 Å². The summed E-state index contributed by atoms with van der Waals surface area (Å²) >= 11 is 0. The van der Waals surface area contributed by atoms with Crippen molar-refractivity contribution in [1.82, 2.24) is 28.9 Å². The van der Waals surface area contributed by atoms with Gasteiger partial charge in [0.05, 0.1) is 12.8 Å². The van der Waals surface area contributed by atoms with Crippen molar-refractivity contribution in [3.8, 4) is 11.7 Å². The van der Waals surface area contributed by atoms with E-state index in [1.807, 2.05) is 36.1 Å². The van der Waals surface area contributed by atoms with Gasteiger partial charge in [-0.3, -0.25) is 8.97 Å². The fourth-order valence-corrected chi connectivity index (χ4v) is 3.87. The zero-order chi connectivity index (χ0) is 20.5. The van der Waals surface area contributed by atoms with Crippen molar-refractivity contribution in [3.63, 3.8) is 0 Å². The number of imidazole rings is 2. The zero-order valence-electron chi connectivity index (χ0n) is 17.2. The maximum absolute atomic E-state index is 6.17. The molecule has 1 N–H and O–H groups in total. The van der Waals surface area contributed by atoms with Gasteiger partial charge in [-0.15, -0.1) is 0 Å². The van der Waals surface area contributed by atoms with Crippen LogP contribution in [0.1, 0.15) is 30.4 Å². The first kappa shape index (κ1) is 18.4. The number of H-pyrrole nitrogens is 1. The molecule has 0 aliphatic heterocycles. The standard InChI is InChI=1S/C23H24N6O/c1-3-6-18-14-26-22-23(27-21(15-29(18)22)28-11-10-24-16(28)2)30-12-9-17-13-25-20-8-5-4-7-19(17)20/h4-5,7-8,10-11,13-15,25H,3,6,9,12H2,1-2H3. The molecule has 7 nitrogen and oxygen atoms in total. The zero-order valence-corrected chi connectivity index (χ0v) is 17.2. The molecule has 152 valence electrons. The molecule has 4 heterocycles. The van der Waals surface area contributed by atoms with Crippen LogP contribution in [-0.4, -0.2) is 35.5 Å². The van der Waals surface area contributed by atoms with Crippen LogP contribution in [0.2, 0.25) is 0 Å². The molecule has 0 fully saturated rings. The summed E-state index contributed by atoms with van der Waals surface area (Å²) in [7, 11) is 0. The Bertz CT molecular complexity index is 1310. The number of aromatic amines is 1. The Hall–Kier alpha value is -3.61. The van der Waals surface area contributed by atoms with Crippen LogP contribution in [0.15, 0.2) is 55.2 Å². The van der Waals surface area contributed by atoms with Crippen molar-refractivity contribution in [1.29, 1.82) is 0 Å². The first-order valence-corrected chi connectivity index (χ1v) is 10.3. The average Bonchev–Trinajstić information content (AvgIpc) is 3.47. The normalized spacial score (nSPS) is 11.5. The van der Waals surface area contributed by atoms with Crippen molar-refractivity contribution in [2.75, 3.05) is 6.61 Å². The highest BCUT2D eigenvalue weighted by atomic mass is 16.5. The number of aryl methyl sites for hydroxylation is 2. The molecule has 0 atom stereocenters. The molecule has 0 spiro atoms. The van der Waals surface area contributed by atoms with E-state index in [1.54, 1.807) is 6.20 Å². The topological polar surface area (TPSA) is 73.0 Å². The molecule has 5 aromatic rings. The Labute approximate surface area is 174 Å². The van der Waals surface area contributed by atoms with E-state index >= 15 is 0 Å². The molecule has 0 bridgehead atoms. The van der Waals surface area contributed by atoms with E-state index in [-0.39, 0.29) is 0 Å². The molecule has 0 aliphatic rings. The van der Waals surface area contributed by atoms with E-state index < -0.39 is 0 Å². The van der Waals surface area contributed by atoms with Crippen LogP contribution in [0.25, 0.3) is 22.4 Å². The Morgan fingerprint density at radius 2 is 2.03 bits per heavy atom. The summed E-state index contributed by atoms with van der Waals surface area (Å²) in [5.74, 6) is 2.20. The molecular weight excluding hydrogens is 376 g/mol. The van der Waals surface area contributed by atoms with Crippen LogP contribution in [0.3, 0.4) is 0 Å². The van der Waals surface area contributed by atoms with Gasteiger partial charge >= 0.3 is 0 Å². The SMILES string of the molecule is CCCc1cnc2c(OCCc3c[nH]c4ccccc34)nc(-n3ccnc3C)cn12. The van der Waals surface area contributed by atoms with Gasteiger partial charge < -0.3 is 9.72 Å². The monoisotopic (exact) mass is 400 g/mol. The molecule has 5 rings (SSSR count). The number of rotatable bonds is 7. The Morgan fingerprint density at radius 1 is 1.13 bits per heavy atom. The van der Waals surface area contributed by atoms with Gasteiger partial charge in [-0.2, -0.15) is 4.98 Å². The van der Waals surface area contributed by atoms with Crippen LogP contribution >= 0.6 is 0 Å². The van der Waals surface area contributed by atoms with Crippen molar-refractivity contribution >= 4 is 16.6 Å². The lowest BCUT2D eigenvalue weighted by molar-refractivity contribution is 0.311. The number of benzene rings is 1. The highest BCUT2D eigenvalue weighted by molar-refractivity contribution is 5.83. The molecular formula is C23H24N6O. The van der Waals surface area contributed by atoms with E-state index in [0.29, 0.717) is 12.5 Å². The van der Waals surface area contributed by atoms with Gasteiger partial charge in [-0.25, -0.2) is 9.97 Å². The first-order valence-electron chi connectivity index (χ1n) is 10.3. The quantitative estimate of drug-likeness (QED) is 0.443. The van der Waals surface area contributed by atoms with E-state index in [4.69, 9.17) is 9.72 Å². The Morgan fingerprint density at radius 3 is 2.87 bits per heavy atom. The van der Waals surface area contributed by atoms with Crippen LogP contribution in [0, 0.1) is 6.92 Å². The lowest BCUT2D eigenvalue weighted by Gasteiger charge is -2.11. The highest BCUT2D eigenvalue weighted by Gasteiger charge is 2.15. The molecule has 1 aromatic carbocycles. The largest absolute Gasteiger partial charge is 0.475 e. The molecule has 30 heavy (non-hydrogen) atoms. The molecule has 0 saturated heterocycles. The van der Waals surface area contributed by atoms with Gasteiger partial charge in [0.15, 0.2) is 5.82 Å². The summed E-state index contributed by atoms with van der Waals surface area (Å²) in [6.07, 6.45) is 12.4. The number of nitrogens with zero attached hydrogens (tertiary/aromatic N) is 5. The molecule has 0 amide bonds. The van der Waals surface area contributed by atoms with Crippen LogP contribution in [-0.2, 0) is 12.8 Å². The molecule has 7 heteroatoms. The number of hydrogen-bond acceptors (Lipinski definition) is 4. The van der Waals surface area contributed by atoms with Crippen LogP contribution < -0.4 is 4.74 Å². The number of hydrogen-bond donors (Lipinski definition) is 1. The predicted molar refractivity (Wildman–Crippen MR) is 116 cm³/mol. The maximum atomic E-state index is 6.17. The number of aromatic nitrogens is 6. The van der Waals surface area contributed by atoms with Crippen LogP contribution in [0.4, 0.5) is 0 Å². The summed E-state index contributed by atoms with van der Waals surface area (Å²) in [5, 5.41) is 1.23. The lowest BCUT2D eigenvalue weighted by Crippen LogP contribution is -2.08. The predicted octanol–water partition coefficient (Wildman–Crippen LogP) is 4.28. The van der Waals surface area contributed by atoms with Gasteiger partial charge in [0.2, 0.25) is 5.65 Å². The van der Waals surface area contributed by atoms with Crippen molar-refractivity contribution in [2.24, 2.45) is 0 Å². The smallest absolute Gasteiger partial charge is 0.260 e. The number of fused-ring (bicyclic) bond motifs is 2. The third-order valence-electron chi connectivity index (χ3n) is 5.39. The van der Waals surface area contributed by atoms with Crippen molar-refractivity contribution in [3.05, 3.63) is 72.3 Å². The van der Waals surface area contributed by atoms with Gasteiger partial charge in [0, 0.05) is 47.8 Å². The second kappa shape index (κ2) is 7.67. The third kappa shape index (κ3) is 3.22. The molecule has 0 saturated carbocycles. The minimum atomic E-state index is 0.521.